The van der Waals surface area contributed by atoms with Gasteiger partial charge in [-0.2, -0.15) is 4.37 Å². The first-order valence-electron chi connectivity index (χ1n) is 3.99. The van der Waals surface area contributed by atoms with Crippen LogP contribution in [0.25, 0.3) is 10.2 Å². The predicted octanol–water partition coefficient (Wildman–Crippen LogP) is 0.588. The van der Waals surface area contributed by atoms with Crippen LogP contribution in [0.3, 0.4) is 0 Å². The molecule has 0 atom stereocenters. The van der Waals surface area contributed by atoms with E-state index >= 15 is 0 Å². The van der Waals surface area contributed by atoms with Crippen LogP contribution in [0.4, 0.5) is 5.82 Å². The summed E-state index contributed by atoms with van der Waals surface area (Å²) in [6.45, 7) is 0.0933. The van der Waals surface area contributed by atoms with Crippen LogP contribution in [0.15, 0.2) is 18.3 Å². The van der Waals surface area contributed by atoms with Gasteiger partial charge in [-0.1, -0.05) is 0 Å². The molecule has 72 valence electrons. The van der Waals surface area contributed by atoms with Crippen LogP contribution in [0.5, 0.6) is 0 Å². The first kappa shape index (κ1) is 8.89. The molecule has 0 saturated heterocycles. The van der Waals surface area contributed by atoms with E-state index in [1.165, 1.54) is 11.5 Å². The zero-order valence-electron chi connectivity index (χ0n) is 7.23. The molecule has 0 aromatic carbocycles. The Morgan fingerprint density at radius 3 is 3.21 bits per heavy atom. The summed E-state index contributed by atoms with van der Waals surface area (Å²) in [7, 11) is 0. The second-order valence-corrected chi connectivity index (χ2v) is 3.56. The summed E-state index contributed by atoms with van der Waals surface area (Å²) < 4.78 is 5.02. The highest BCUT2D eigenvalue weighted by Gasteiger charge is 2.00. The van der Waals surface area contributed by atoms with Crippen molar-refractivity contribution >= 4 is 33.5 Å². The minimum absolute atomic E-state index is 0.0933. The Morgan fingerprint density at radius 1 is 1.57 bits per heavy atom. The van der Waals surface area contributed by atoms with Crippen molar-refractivity contribution in [3.05, 3.63) is 18.3 Å². The van der Waals surface area contributed by atoms with Gasteiger partial charge in [0.15, 0.2) is 0 Å². The van der Waals surface area contributed by atoms with Crippen molar-refractivity contribution in [3.8, 4) is 0 Å². The highest BCUT2D eigenvalue weighted by atomic mass is 32.1. The van der Waals surface area contributed by atoms with E-state index in [9.17, 15) is 4.79 Å². The molecule has 0 aliphatic heterocycles. The molecule has 0 bridgehead atoms. The van der Waals surface area contributed by atoms with Crippen molar-refractivity contribution in [3.63, 3.8) is 0 Å². The van der Waals surface area contributed by atoms with Crippen LogP contribution in [0.1, 0.15) is 0 Å². The monoisotopic (exact) mass is 208 g/mol. The van der Waals surface area contributed by atoms with E-state index in [1.807, 2.05) is 6.07 Å². The van der Waals surface area contributed by atoms with Gasteiger partial charge in [0.05, 0.1) is 17.4 Å². The fourth-order valence-corrected chi connectivity index (χ4v) is 1.63. The van der Waals surface area contributed by atoms with Crippen LogP contribution in [-0.4, -0.2) is 21.8 Å². The number of aromatic nitrogens is 2. The molecule has 0 saturated carbocycles. The summed E-state index contributed by atoms with van der Waals surface area (Å²) in [6, 6.07) is 3.70. The Kier molecular flexibility index (Phi) is 2.28. The summed E-state index contributed by atoms with van der Waals surface area (Å²) in [4.78, 5) is 14.7. The van der Waals surface area contributed by atoms with E-state index in [0.29, 0.717) is 5.82 Å². The molecule has 0 unspecified atom stereocenters. The molecule has 0 spiro atoms. The quantitative estimate of drug-likeness (QED) is 0.773. The lowest BCUT2D eigenvalue weighted by Crippen LogP contribution is -2.22. The van der Waals surface area contributed by atoms with Crippen LogP contribution in [-0.2, 0) is 4.79 Å². The molecule has 0 fully saturated rings. The fourth-order valence-electron chi connectivity index (χ4n) is 1.04. The molecule has 2 aromatic heterocycles. The Balaban J connectivity index is 2.21. The van der Waals surface area contributed by atoms with E-state index in [-0.39, 0.29) is 6.54 Å². The second kappa shape index (κ2) is 3.59. The van der Waals surface area contributed by atoms with Gasteiger partial charge in [-0.25, -0.2) is 4.98 Å². The number of primary amides is 1. The van der Waals surface area contributed by atoms with Gasteiger partial charge in [0.25, 0.3) is 0 Å². The standard InChI is InChI=1S/C8H8N4OS/c9-7(13)4-10-8-2-1-6-5(12-8)3-11-14-6/h1-3H,4H2,(H2,9,13)(H,10,12). The number of hydrogen-bond donors (Lipinski definition) is 2. The van der Waals surface area contributed by atoms with Gasteiger partial charge in [0.1, 0.15) is 11.3 Å². The second-order valence-electron chi connectivity index (χ2n) is 2.73. The van der Waals surface area contributed by atoms with Crippen molar-refractivity contribution in [1.29, 1.82) is 0 Å². The predicted molar refractivity (Wildman–Crippen MR) is 55.1 cm³/mol. The Morgan fingerprint density at radius 2 is 2.43 bits per heavy atom. The zero-order valence-corrected chi connectivity index (χ0v) is 8.04. The summed E-state index contributed by atoms with van der Waals surface area (Å²) >= 11 is 1.39. The molecule has 1 amide bonds. The molecule has 0 aliphatic rings. The molecule has 0 radical (unpaired) electrons. The van der Waals surface area contributed by atoms with Crippen molar-refractivity contribution in [2.75, 3.05) is 11.9 Å². The SMILES string of the molecule is NC(=O)CNc1ccc2sncc2n1. The van der Waals surface area contributed by atoms with Crippen LogP contribution in [0.2, 0.25) is 0 Å². The van der Waals surface area contributed by atoms with E-state index in [4.69, 9.17) is 5.73 Å². The van der Waals surface area contributed by atoms with E-state index in [1.54, 1.807) is 12.3 Å². The summed E-state index contributed by atoms with van der Waals surface area (Å²) in [5, 5.41) is 2.82. The number of hydrogen-bond acceptors (Lipinski definition) is 5. The third-order valence-electron chi connectivity index (χ3n) is 1.66. The van der Waals surface area contributed by atoms with E-state index in [0.717, 1.165) is 10.2 Å². The first-order chi connectivity index (χ1) is 6.75. The molecular formula is C8H8N4OS. The Hall–Kier alpha value is -1.69. The van der Waals surface area contributed by atoms with Crippen molar-refractivity contribution in [2.45, 2.75) is 0 Å². The molecule has 3 N–H and O–H groups in total. The molecule has 2 rings (SSSR count). The number of nitrogens with one attached hydrogen (secondary N) is 1. The number of nitrogens with two attached hydrogens (primary N) is 1. The summed E-state index contributed by atoms with van der Waals surface area (Å²) in [5.41, 5.74) is 5.82. The maximum Gasteiger partial charge on any atom is 0.236 e. The van der Waals surface area contributed by atoms with Crippen LogP contribution >= 0.6 is 11.5 Å². The largest absolute Gasteiger partial charge is 0.368 e. The molecule has 5 nitrogen and oxygen atoms in total. The maximum atomic E-state index is 10.5. The number of amides is 1. The lowest BCUT2D eigenvalue weighted by Gasteiger charge is -2.01. The lowest BCUT2D eigenvalue weighted by atomic mass is 10.4. The summed E-state index contributed by atoms with van der Waals surface area (Å²) in [5.74, 6) is 0.229. The van der Waals surface area contributed by atoms with Gasteiger partial charge in [-0.15, -0.1) is 0 Å². The van der Waals surface area contributed by atoms with Crippen LogP contribution < -0.4 is 11.1 Å². The molecule has 14 heavy (non-hydrogen) atoms. The first-order valence-corrected chi connectivity index (χ1v) is 4.76. The summed E-state index contributed by atoms with van der Waals surface area (Å²) in [6.07, 6.45) is 1.69. The molecule has 0 aliphatic carbocycles. The van der Waals surface area contributed by atoms with Gasteiger partial charge in [0.2, 0.25) is 5.91 Å². The number of carbonyl (C=O) groups is 1. The van der Waals surface area contributed by atoms with Crippen molar-refractivity contribution in [1.82, 2.24) is 9.36 Å². The zero-order chi connectivity index (χ0) is 9.97. The highest BCUT2D eigenvalue weighted by molar-refractivity contribution is 7.13. The minimum atomic E-state index is -0.407. The molecule has 2 heterocycles. The number of pyridine rings is 1. The van der Waals surface area contributed by atoms with E-state index < -0.39 is 5.91 Å². The number of nitrogens with zero attached hydrogens (tertiary/aromatic N) is 2. The molecule has 6 heteroatoms. The van der Waals surface area contributed by atoms with Gasteiger partial charge in [-0.05, 0) is 23.7 Å². The number of carbonyl (C=O) groups excluding carboxylic acids is 1. The Bertz CT molecular complexity index is 467. The normalized spacial score (nSPS) is 10.3. The van der Waals surface area contributed by atoms with Crippen molar-refractivity contribution < 1.29 is 4.79 Å². The molecular weight excluding hydrogens is 200 g/mol. The van der Waals surface area contributed by atoms with Gasteiger partial charge >= 0.3 is 0 Å². The minimum Gasteiger partial charge on any atom is -0.368 e. The van der Waals surface area contributed by atoms with Gasteiger partial charge in [0, 0.05) is 0 Å². The van der Waals surface area contributed by atoms with Crippen LogP contribution in [0, 0.1) is 0 Å². The molecule has 2 aromatic rings. The Labute approximate surface area is 84.1 Å². The average Bonchev–Trinajstić information content (AvgIpc) is 2.61. The number of anilines is 1. The van der Waals surface area contributed by atoms with Crippen molar-refractivity contribution in [2.24, 2.45) is 5.73 Å². The maximum absolute atomic E-state index is 10.5. The van der Waals surface area contributed by atoms with Gasteiger partial charge in [-0.3, -0.25) is 4.79 Å². The average molecular weight is 208 g/mol. The smallest absolute Gasteiger partial charge is 0.236 e. The highest BCUT2D eigenvalue weighted by Crippen LogP contribution is 2.17. The number of fused-ring (bicyclic) bond motifs is 1. The third kappa shape index (κ3) is 1.80. The van der Waals surface area contributed by atoms with Gasteiger partial charge < -0.3 is 11.1 Å². The van der Waals surface area contributed by atoms with E-state index in [2.05, 4.69) is 14.7 Å². The lowest BCUT2D eigenvalue weighted by molar-refractivity contribution is -0.116. The fraction of sp³-hybridized carbons (Fsp3) is 0.125. The number of rotatable bonds is 3. The third-order valence-corrected chi connectivity index (χ3v) is 2.41. The topological polar surface area (TPSA) is 80.9 Å².